The van der Waals surface area contributed by atoms with Crippen LogP contribution in [0.4, 0.5) is 11.4 Å². The summed E-state index contributed by atoms with van der Waals surface area (Å²) < 4.78 is 1.89. The van der Waals surface area contributed by atoms with E-state index in [1.54, 1.807) is 24.3 Å². The third-order valence-electron chi connectivity index (χ3n) is 3.03. The van der Waals surface area contributed by atoms with Crippen LogP contribution in [0.3, 0.4) is 0 Å². The molecule has 0 atom stereocenters. The monoisotopic (exact) mass is 301 g/mol. The first kappa shape index (κ1) is 13.4. The third-order valence-corrected chi connectivity index (χ3v) is 3.26. The van der Waals surface area contributed by atoms with E-state index in [9.17, 15) is 4.79 Å². The SMILES string of the molecule is Cn1cccc1-c1[nH][nH]c(=O)c1N=Nc1cccc(Cl)c1. The molecule has 0 fully saturated rings. The fourth-order valence-corrected chi connectivity index (χ4v) is 2.18. The van der Waals surface area contributed by atoms with Gasteiger partial charge in [0.2, 0.25) is 0 Å². The number of aryl methyl sites for hydroxylation is 1. The van der Waals surface area contributed by atoms with Gasteiger partial charge in [-0.25, -0.2) is 0 Å². The molecule has 6 nitrogen and oxygen atoms in total. The van der Waals surface area contributed by atoms with Crippen molar-refractivity contribution < 1.29 is 0 Å². The van der Waals surface area contributed by atoms with E-state index in [-0.39, 0.29) is 11.2 Å². The standard InChI is InChI=1S/C14H12ClN5O/c1-20-7-3-6-11(20)12-13(14(21)19-17-12)18-16-10-5-2-4-9(15)8-10/h2-8H,1H3,(H2,17,19,21). The average Bonchev–Trinajstić information content (AvgIpc) is 3.03. The lowest BCUT2D eigenvalue weighted by atomic mass is 10.3. The van der Waals surface area contributed by atoms with E-state index < -0.39 is 0 Å². The van der Waals surface area contributed by atoms with E-state index in [4.69, 9.17) is 11.6 Å². The first-order chi connectivity index (χ1) is 10.1. The summed E-state index contributed by atoms with van der Waals surface area (Å²) in [6.07, 6.45) is 1.89. The van der Waals surface area contributed by atoms with Crippen molar-refractivity contribution in [3.8, 4) is 11.4 Å². The molecular formula is C14H12ClN5O. The number of nitrogens with zero attached hydrogens (tertiary/aromatic N) is 3. The summed E-state index contributed by atoms with van der Waals surface area (Å²) in [4.78, 5) is 11.9. The van der Waals surface area contributed by atoms with Gasteiger partial charge < -0.3 is 4.57 Å². The normalized spacial score (nSPS) is 11.3. The topological polar surface area (TPSA) is 78.3 Å². The van der Waals surface area contributed by atoms with Gasteiger partial charge in [-0.2, -0.15) is 5.11 Å². The van der Waals surface area contributed by atoms with Crippen molar-refractivity contribution in [3.05, 3.63) is 58.0 Å². The fraction of sp³-hybridized carbons (Fsp3) is 0.0714. The van der Waals surface area contributed by atoms with E-state index in [1.807, 2.05) is 29.9 Å². The van der Waals surface area contributed by atoms with Crippen molar-refractivity contribution in [1.82, 2.24) is 14.8 Å². The van der Waals surface area contributed by atoms with Gasteiger partial charge in [0.25, 0.3) is 5.56 Å². The minimum absolute atomic E-state index is 0.233. The highest BCUT2D eigenvalue weighted by Crippen LogP contribution is 2.27. The Morgan fingerprint density at radius 1 is 1.14 bits per heavy atom. The molecule has 0 unspecified atom stereocenters. The summed E-state index contributed by atoms with van der Waals surface area (Å²) in [6.45, 7) is 0. The number of H-pyrrole nitrogens is 2. The molecule has 0 radical (unpaired) electrons. The average molecular weight is 302 g/mol. The molecule has 2 heterocycles. The molecule has 3 aromatic rings. The number of benzene rings is 1. The second-order valence-corrected chi connectivity index (χ2v) is 4.92. The number of aromatic amines is 2. The minimum atomic E-state index is -0.322. The maximum absolute atomic E-state index is 11.9. The number of aromatic nitrogens is 3. The third kappa shape index (κ3) is 2.66. The van der Waals surface area contributed by atoms with Gasteiger partial charge in [-0.05, 0) is 30.3 Å². The molecule has 0 aliphatic rings. The molecule has 106 valence electrons. The predicted molar refractivity (Wildman–Crippen MR) is 81.4 cm³/mol. The summed E-state index contributed by atoms with van der Waals surface area (Å²) >= 11 is 5.89. The van der Waals surface area contributed by atoms with Gasteiger partial charge in [0.1, 0.15) is 5.69 Å². The van der Waals surface area contributed by atoms with Gasteiger partial charge in [-0.15, -0.1) is 5.11 Å². The Morgan fingerprint density at radius 2 is 2.00 bits per heavy atom. The van der Waals surface area contributed by atoms with Gasteiger partial charge in [-0.1, -0.05) is 17.7 Å². The van der Waals surface area contributed by atoms with Crippen LogP contribution in [-0.4, -0.2) is 14.8 Å². The Morgan fingerprint density at radius 3 is 2.71 bits per heavy atom. The molecular weight excluding hydrogens is 290 g/mol. The van der Waals surface area contributed by atoms with Gasteiger partial charge in [0.05, 0.1) is 11.4 Å². The quantitative estimate of drug-likeness (QED) is 0.709. The van der Waals surface area contributed by atoms with E-state index >= 15 is 0 Å². The van der Waals surface area contributed by atoms with Crippen LogP contribution in [0.2, 0.25) is 5.02 Å². The van der Waals surface area contributed by atoms with Gasteiger partial charge in [0.15, 0.2) is 5.69 Å². The van der Waals surface area contributed by atoms with Crippen LogP contribution in [0.15, 0.2) is 57.6 Å². The minimum Gasteiger partial charge on any atom is -0.349 e. The van der Waals surface area contributed by atoms with Gasteiger partial charge in [0, 0.05) is 18.3 Å². The van der Waals surface area contributed by atoms with Crippen molar-refractivity contribution in [1.29, 1.82) is 0 Å². The molecule has 21 heavy (non-hydrogen) atoms. The zero-order chi connectivity index (χ0) is 14.8. The first-order valence-corrected chi connectivity index (χ1v) is 6.62. The molecule has 2 aromatic heterocycles. The summed E-state index contributed by atoms with van der Waals surface area (Å²) in [5.74, 6) is 0. The number of rotatable bonds is 3. The van der Waals surface area contributed by atoms with E-state index in [0.717, 1.165) is 5.69 Å². The Labute approximate surface area is 125 Å². The summed E-state index contributed by atoms with van der Waals surface area (Å²) in [7, 11) is 1.89. The van der Waals surface area contributed by atoms with E-state index in [2.05, 4.69) is 20.4 Å². The largest absolute Gasteiger partial charge is 0.349 e. The summed E-state index contributed by atoms with van der Waals surface area (Å²) in [5.41, 5.74) is 1.93. The number of hydrogen-bond acceptors (Lipinski definition) is 3. The molecule has 0 bridgehead atoms. The number of halogens is 1. The molecule has 2 N–H and O–H groups in total. The lowest BCUT2D eigenvalue weighted by Crippen LogP contribution is -1.96. The lowest BCUT2D eigenvalue weighted by molar-refractivity contribution is 0.925. The van der Waals surface area contributed by atoms with E-state index in [1.165, 1.54) is 0 Å². The maximum atomic E-state index is 11.9. The predicted octanol–water partition coefficient (Wildman–Crippen LogP) is 3.78. The maximum Gasteiger partial charge on any atom is 0.292 e. The second kappa shape index (κ2) is 5.41. The summed E-state index contributed by atoms with van der Waals surface area (Å²) in [5, 5.41) is 14.0. The van der Waals surface area contributed by atoms with Gasteiger partial charge >= 0.3 is 0 Å². The zero-order valence-corrected chi connectivity index (χ0v) is 11.9. The fourth-order valence-electron chi connectivity index (χ4n) is 2.00. The van der Waals surface area contributed by atoms with Crippen molar-refractivity contribution in [3.63, 3.8) is 0 Å². The number of nitrogens with one attached hydrogen (secondary N) is 2. The summed E-state index contributed by atoms with van der Waals surface area (Å²) in [6, 6.07) is 10.7. The van der Waals surface area contributed by atoms with Crippen LogP contribution in [0.5, 0.6) is 0 Å². The van der Waals surface area contributed by atoms with Crippen molar-refractivity contribution in [2.45, 2.75) is 0 Å². The molecule has 1 aromatic carbocycles. The van der Waals surface area contributed by atoms with Crippen LogP contribution in [0, 0.1) is 0 Å². The van der Waals surface area contributed by atoms with Crippen LogP contribution < -0.4 is 5.56 Å². The van der Waals surface area contributed by atoms with Crippen molar-refractivity contribution in [2.24, 2.45) is 17.3 Å². The first-order valence-electron chi connectivity index (χ1n) is 6.25. The van der Waals surface area contributed by atoms with Gasteiger partial charge in [-0.3, -0.25) is 15.0 Å². The Hall–Kier alpha value is -2.60. The Bertz CT molecular complexity index is 858. The van der Waals surface area contributed by atoms with Crippen molar-refractivity contribution in [2.75, 3.05) is 0 Å². The van der Waals surface area contributed by atoms with E-state index in [0.29, 0.717) is 16.4 Å². The molecule has 0 spiro atoms. The van der Waals surface area contributed by atoms with Crippen LogP contribution >= 0.6 is 11.6 Å². The number of hydrogen-bond donors (Lipinski definition) is 2. The highest BCUT2D eigenvalue weighted by atomic mass is 35.5. The molecule has 0 amide bonds. The van der Waals surface area contributed by atoms with Crippen LogP contribution in [-0.2, 0) is 7.05 Å². The Balaban J connectivity index is 2.02. The Kier molecular flexibility index (Phi) is 3.45. The van der Waals surface area contributed by atoms with Crippen molar-refractivity contribution >= 4 is 23.0 Å². The molecule has 0 saturated carbocycles. The zero-order valence-electron chi connectivity index (χ0n) is 11.2. The molecule has 0 saturated heterocycles. The molecule has 7 heteroatoms. The van der Waals surface area contributed by atoms with Crippen LogP contribution in [0.1, 0.15) is 0 Å². The smallest absolute Gasteiger partial charge is 0.292 e. The number of azo groups is 1. The molecule has 0 aliphatic carbocycles. The highest BCUT2D eigenvalue weighted by Gasteiger charge is 2.13. The highest BCUT2D eigenvalue weighted by molar-refractivity contribution is 6.30. The van der Waals surface area contributed by atoms with Crippen LogP contribution in [0.25, 0.3) is 11.4 Å². The lowest BCUT2D eigenvalue weighted by Gasteiger charge is -2.00. The molecule has 3 rings (SSSR count). The molecule has 0 aliphatic heterocycles. The second-order valence-electron chi connectivity index (χ2n) is 4.49.